The van der Waals surface area contributed by atoms with E-state index in [2.05, 4.69) is 42.2 Å². The van der Waals surface area contributed by atoms with Gasteiger partial charge in [-0.1, -0.05) is 27.7 Å². The number of hydrogen-bond donors (Lipinski definition) is 0. The standard InChI is InChI=1S/C17H24ClN3/c1-16(2)8-12(9-17(3,4)11-16)21-14(10-18)20-13-6-5-7-19-15(13)21/h5-7,12H,8-11H2,1-4H3. The third kappa shape index (κ3) is 2.80. The summed E-state index contributed by atoms with van der Waals surface area (Å²) in [6.07, 6.45) is 5.41. The second-order valence-corrected chi connectivity index (χ2v) is 8.21. The molecule has 1 aliphatic rings. The van der Waals surface area contributed by atoms with Crippen molar-refractivity contribution in [3.8, 4) is 0 Å². The smallest absolute Gasteiger partial charge is 0.160 e. The maximum Gasteiger partial charge on any atom is 0.160 e. The molecule has 0 unspecified atom stereocenters. The molecule has 0 N–H and O–H groups in total. The lowest BCUT2D eigenvalue weighted by molar-refractivity contribution is 0.0728. The Kier molecular flexibility index (Phi) is 3.52. The van der Waals surface area contributed by atoms with Gasteiger partial charge in [0.2, 0.25) is 0 Å². The SMILES string of the molecule is CC1(C)CC(n2c(CCl)nc3cccnc32)CC(C)(C)C1. The van der Waals surface area contributed by atoms with Crippen LogP contribution in [0.4, 0.5) is 0 Å². The molecule has 1 aliphatic carbocycles. The lowest BCUT2D eigenvalue weighted by atomic mass is 9.63. The maximum atomic E-state index is 6.15. The van der Waals surface area contributed by atoms with Gasteiger partial charge in [-0.3, -0.25) is 0 Å². The topological polar surface area (TPSA) is 30.7 Å². The van der Waals surface area contributed by atoms with E-state index in [1.54, 1.807) is 0 Å². The molecule has 2 aromatic heterocycles. The second kappa shape index (κ2) is 4.98. The van der Waals surface area contributed by atoms with E-state index in [9.17, 15) is 0 Å². The summed E-state index contributed by atoms with van der Waals surface area (Å²) in [4.78, 5) is 9.23. The van der Waals surface area contributed by atoms with Gasteiger partial charge in [0.25, 0.3) is 0 Å². The summed E-state index contributed by atoms with van der Waals surface area (Å²) < 4.78 is 2.30. The van der Waals surface area contributed by atoms with Gasteiger partial charge in [-0.05, 0) is 42.2 Å². The first kappa shape index (κ1) is 14.8. The summed E-state index contributed by atoms with van der Waals surface area (Å²) >= 11 is 6.15. The van der Waals surface area contributed by atoms with Gasteiger partial charge < -0.3 is 4.57 Å². The fourth-order valence-corrected chi connectivity index (χ4v) is 4.61. The first-order chi connectivity index (χ1) is 9.81. The zero-order valence-corrected chi connectivity index (χ0v) is 14.1. The first-order valence-corrected chi connectivity index (χ1v) is 8.23. The highest BCUT2D eigenvalue weighted by Gasteiger charge is 2.40. The highest BCUT2D eigenvalue weighted by Crippen LogP contribution is 2.50. The minimum absolute atomic E-state index is 0.335. The lowest BCUT2D eigenvalue weighted by Crippen LogP contribution is -2.35. The molecule has 0 radical (unpaired) electrons. The Morgan fingerprint density at radius 2 is 1.90 bits per heavy atom. The number of pyridine rings is 1. The Balaban J connectivity index is 2.11. The molecule has 3 rings (SSSR count). The Hall–Kier alpha value is -1.09. The van der Waals surface area contributed by atoms with Crippen molar-refractivity contribution in [3.05, 3.63) is 24.2 Å². The van der Waals surface area contributed by atoms with Gasteiger partial charge in [0.05, 0.1) is 5.88 Å². The summed E-state index contributed by atoms with van der Waals surface area (Å²) in [6, 6.07) is 4.39. The van der Waals surface area contributed by atoms with Crippen LogP contribution in [0.5, 0.6) is 0 Å². The van der Waals surface area contributed by atoms with Gasteiger partial charge in [0.15, 0.2) is 5.65 Å². The molecule has 2 aromatic rings. The number of fused-ring (bicyclic) bond motifs is 1. The number of hydrogen-bond acceptors (Lipinski definition) is 2. The molecule has 114 valence electrons. The van der Waals surface area contributed by atoms with Crippen molar-refractivity contribution in [2.45, 2.75) is 58.9 Å². The minimum Gasteiger partial charge on any atom is -0.309 e. The molecule has 1 saturated carbocycles. The third-order valence-electron chi connectivity index (χ3n) is 4.54. The zero-order chi connectivity index (χ0) is 15.3. The van der Waals surface area contributed by atoms with Crippen LogP contribution in [0.1, 0.15) is 58.8 Å². The monoisotopic (exact) mass is 305 g/mol. The summed E-state index contributed by atoms with van der Waals surface area (Å²) in [7, 11) is 0. The van der Waals surface area contributed by atoms with E-state index in [1.807, 2.05) is 18.3 Å². The normalized spacial score (nSPS) is 21.8. The summed E-state index contributed by atoms with van der Waals surface area (Å²) in [5.41, 5.74) is 2.60. The van der Waals surface area contributed by atoms with Crippen LogP contribution in [-0.2, 0) is 5.88 Å². The summed E-state index contributed by atoms with van der Waals surface area (Å²) in [6.45, 7) is 9.48. The molecule has 4 heteroatoms. The molecule has 2 heterocycles. The second-order valence-electron chi connectivity index (χ2n) is 7.95. The van der Waals surface area contributed by atoms with E-state index in [0.717, 1.165) is 29.8 Å². The number of nitrogens with zero attached hydrogens (tertiary/aromatic N) is 3. The molecular weight excluding hydrogens is 282 g/mol. The van der Waals surface area contributed by atoms with E-state index in [1.165, 1.54) is 6.42 Å². The van der Waals surface area contributed by atoms with Crippen molar-refractivity contribution in [2.75, 3.05) is 0 Å². The van der Waals surface area contributed by atoms with Crippen molar-refractivity contribution in [1.29, 1.82) is 0 Å². The van der Waals surface area contributed by atoms with Crippen LogP contribution in [0.25, 0.3) is 11.2 Å². The average Bonchev–Trinajstić information content (AvgIpc) is 2.73. The Labute approximate surface area is 131 Å². The molecule has 0 aromatic carbocycles. The van der Waals surface area contributed by atoms with E-state index >= 15 is 0 Å². The van der Waals surface area contributed by atoms with Crippen LogP contribution >= 0.6 is 11.6 Å². The lowest BCUT2D eigenvalue weighted by Gasteiger charge is -2.45. The average molecular weight is 306 g/mol. The highest BCUT2D eigenvalue weighted by atomic mass is 35.5. The Morgan fingerprint density at radius 3 is 2.52 bits per heavy atom. The van der Waals surface area contributed by atoms with Gasteiger partial charge in [0.1, 0.15) is 11.3 Å². The van der Waals surface area contributed by atoms with Gasteiger partial charge in [-0.15, -0.1) is 11.6 Å². The summed E-state index contributed by atoms with van der Waals surface area (Å²) in [5, 5.41) is 0. The number of alkyl halides is 1. The van der Waals surface area contributed by atoms with Crippen LogP contribution in [0.2, 0.25) is 0 Å². The van der Waals surface area contributed by atoms with Gasteiger partial charge in [-0.2, -0.15) is 0 Å². The van der Waals surface area contributed by atoms with E-state index in [0.29, 0.717) is 22.8 Å². The van der Waals surface area contributed by atoms with E-state index < -0.39 is 0 Å². The van der Waals surface area contributed by atoms with Crippen molar-refractivity contribution in [2.24, 2.45) is 10.8 Å². The van der Waals surface area contributed by atoms with Crippen LogP contribution in [0.15, 0.2) is 18.3 Å². The third-order valence-corrected chi connectivity index (χ3v) is 4.78. The zero-order valence-electron chi connectivity index (χ0n) is 13.4. The van der Waals surface area contributed by atoms with Crippen molar-refractivity contribution in [3.63, 3.8) is 0 Å². The van der Waals surface area contributed by atoms with Crippen LogP contribution < -0.4 is 0 Å². The predicted molar refractivity (Wildman–Crippen MR) is 87.5 cm³/mol. The van der Waals surface area contributed by atoms with E-state index in [4.69, 9.17) is 11.6 Å². The maximum absolute atomic E-state index is 6.15. The molecule has 0 bridgehead atoms. The predicted octanol–water partition coefficient (Wildman–Crippen LogP) is 4.95. The van der Waals surface area contributed by atoms with Gasteiger partial charge in [-0.25, -0.2) is 9.97 Å². The number of aromatic nitrogens is 3. The number of imidazole rings is 1. The number of halogens is 1. The largest absolute Gasteiger partial charge is 0.309 e. The van der Waals surface area contributed by atoms with Gasteiger partial charge in [0, 0.05) is 12.2 Å². The Morgan fingerprint density at radius 1 is 1.24 bits per heavy atom. The quantitative estimate of drug-likeness (QED) is 0.735. The molecule has 3 nitrogen and oxygen atoms in total. The Bertz CT molecular complexity index is 641. The molecule has 0 aliphatic heterocycles. The van der Waals surface area contributed by atoms with Crippen molar-refractivity contribution in [1.82, 2.24) is 14.5 Å². The molecule has 21 heavy (non-hydrogen) atoms. The molecular formula is C17H24ClN3. The summed E-state index contributed by atoms with van der Waals surface area (Å²) in [5.74, 6) is 1.39. The van der Waals surface area contributed by atoms with Crippen LogP contribution in [-0.4, -0.2) is 14.5 Å². The van der Waals surface area contributed by atoms with Crippen molar-refractivity contribution < 1.29 is 0 Å². The molecule has 0 saturated heterocycles. The van der Waals surface area contributed by atoms with Crippen LogP contribution in [0, 0.1) is 10.8 Å². The van der Waals surface area contributed by atoms with E-state index in [-0.39, 0.29) is 0 Å². The molecule has 0 atom stereocenters. The highest BCUT2D eigenvalue weighted by molar-refractivity contribution is 6.16. The van der Waals surface area contributed by atoms with Gasteiger partial charge >= 0.3 is 0 Å². The first-order valence-electron chi connectivity index (χ1n) is 7.69. The number of rotatable bonds is 2. The molecule has 1 fully saturated rings. The molecule has 0 spiro atoms. The van der Waals surface area contributed by atoms with Crippen LogP contribution in [0.3, 0.4) is 0 Å². The molecule has 0 amide bonds. The fourth-order valence-electron chi connectivity index (χ4n) is 4.42. The van der Waals surface area contributed by atoms with Crippen molar-refractivity contribution >= 4 is 22.8 Å². The fraction of sp³-hybridized carbons (Fsp3) is 0.647. The minimum atomic E-state index is 0.335.